The Kier molecular flexibility index (Phi) is 10.6. The summed E-state index contributed by atoms with van der Waals surface area (Å²) in [5.74, 6) is 0.777. The number of sulfonamides is 1. The molecule has 0 bridgehead atoms. The molecule has 24 heavy (non-hydrogen) atoms. The van der Waals surface area contributed by atoms with E-state index in [1.807, 2.05) is 0 Å². The van der Waals surface area contributed by atoms with Crippen molar-refractivity contribution in [3.05, 3.63) is 18.2 Å². The van der Waals surface area contributed by atoms with Crippen molar-refractivity contribution < 1.29 is 17.9 Å². The van der Waals surface area contributed by atoms with E-state index in [1.165, 1.54) is 20.3 Å². The van der Waals surface area contributed by atoms with Gasteiger partial charge in [0.05, 0.1) is 14.2 Å². The highest BCUT2D eigenvalue weighted by atomic mass is 35.5. The van der Waals surface area contributed by atoms with Crippen LogP contribution in [-0.4, -0.2) is 66.8 Å². The Balaban J connectivity index is 0.00000264. The van der Waals surface area contributed by atoms with Crippen LogP contribution in [0.3, 0.4) is 0 Å². The zero-order chi connectivity index (χ0) is 16.0. The first-order valence-electron chi connectivity index (χ1n) is 7.21. The van der Waals surface area contributed by atoms with Crippen LogP contribution in [0.5, 0.6) is 11.5 Å². The molecule has 10 heteroatoms. The molecule has 7 nitrogen and oxygen atoms in total. The van der Waals surface area contributed by atoms with Gasteiger partial charge in [-0.15, -0.1) is 24.8 Å². The molecule has 0 saturated carbocycles. The molecular weight excluding hydrogens is 377 g/mol. The highest BCUT2D eigenvalue weighted by Gasteiger charge is 2.20. The zero-order valence-electron chi connectivity index (χ0n) is 13.8. The Morgan fingerprint density at radius 1 is 1.17 bits per heavy atom. The van der Waals surface area contributed by atoms with E-state index >= 15 is 0 Å². The monoisotopic (exact) mass is 401 g/mol. The van der Waals surface area contributed by atoms with Crippen molar-refractivity contribution in [1.29, 1.82) is 0 Å². The number of benzene rings is 1. The number of rotatable bonds is 7. The van der Waals surface area contributed by atoms with Gasteiger partial charge in [-0.05, 0) is 12.1 Å². The second-order valence-corrected chi connectivity index (χ2v) is 6.74. The second kappa shape index (κ2) is 11.0. The molecule has 1 aromatic carbocycles. The summed E-state index contributed by atoms with van der Waals surface area (Å²) in [6, 6.07) is 4.72. The van der Waals surface area contributed by atoms with E-state index in [-0.39, 0.29) is 29.7 Å². The predicted octanol–water partition coefficient (Wildman–Crippen LogP) is 0.731. The van der Waals surface area contributed by atoms with Gasteiger partial charge in [0.2, 0.25) is 10.0 Å². The highest BCUT2D eigenvalue weighted by molar-refractivity contribution is 7.89. The largest absolute Gasteiger partial charge is 0.497 e. The number of halogens is 2. The molecule has 0 amide bonds. The number of hydrogen-bond acceptors (Lipinski definition) is 6. The summed E-state index contributed by atoms with van der Waals surface area (Å²) in [5, 5.41) is 3.26. The van der Waals surface area contributed by atoms with Crippen LogP contribution in [0, 0.1) is 0 Å². The van der Waals surface area contributed by atoms with Gasteiger partial charge in [-0.3, -0.25) is 4.90 Å². The molecule has 1 saturated heterocycles. The van der Waals surface area contributed by atoms with Gasteiger partial charge in [-0.25, -0.2) is 13.1 Å². The summed E-state index contributed by atoms with van der Waals surface area (Å²) < 4.78 is 37.7. The number of nitrogens with one attached hydrogen (secondary N) is 2. The smallest absolute Gasteiger partial charge is 0.244 e. The Morgan fingerprint density at radius 3 is 2.42 bits per heavy atom. The third kappa shape index (κ3) is 6.27. The lowest BCUT2D eigenvalue weighted by Crippen LogP contribution is -2.46. The van der Waals surface area contributed by atoms with Gasteiger partial charge in [-0.1, -0.05) is 0 Å². The molecule has 1 fully saturated rings. The van der Waals surface area contributed by atoms with E-state index in [9.17, 15) is 8.42 Å². The third-order valence-corrected chi connectivity index (χ3v) is 5.07. The summed E-state index contributed by atoms with van der Waals surface area (Å²) in [7, 11) is -0.692. The molecule has 1 heterocycles. The van der Waals surface area contributed by atoms with Crippen molar-refractivity contribution in [3.8, 4) is 11.5 Å². The van der Waals surface area contributed by atoms with Gasteiger partial charge in [-0.2, -0.15) is 0 Å². The lowest BCUT2D eigenvalue weighted by molar-refractivity contribution is 0.245. The molecule has 2 rings (SSSR count). The average molecular weight is 402 g/mol. The van der Waals surface area contributed by atoms with E-state index in [2.05, 4.69) is 14.9 Å². The van der Waals surface area contributed by atoms with Crippen LogP contribution in [-0.2, 0) is 10.0 Å². The van der Waals surface area contributed by atoms with Gasteiger partial charge in [0.25, 0.3) is 0 Å². The summed E-state index contributed by atoms with van der Waals surface area (Å²) in [6.07, 6.45) is 0. The molecular formula is C14H25Cl2N3O4S. The maximum absolute atomic E-state index is 12.4. The summed E-state index contributed by atoms with van der Waals surface area (Å²) in [4.78, 5) is 2.32. The fourth-order valence-electron chi connectivity index (χ4n) is 2.34. The quantitative estimate of drug-likeness (QED) is 0.700. The number of piperazine rings is 1. The number of nitrogens with zero attached hydrogens (tertiary/aromatic N) is 1. The molecule has 2 N–H and O–H groups in total. The number of hydrogen-bond donors (Lipinski definition) is 2. The van der Waals surface area contributed by atoms with Crippen LogP contribution in [0.2, 0.25) is 0 Å². The van der Waals surface area contributed by atoms with Crippen molar-refractivity contribution in [2.75, 3.05) is 53.5 Å². The van der Waals surface area contributed by atoms with Crippen LogP contribution in [0.1, 0.15) is 0 Å². The van der Waals surface area contributed by atoms with E-state index in [0.29, 0.717) is 24.6 Å². The van der Waals surface area contributed by atoms with Crippen LogP contribution in [0.25, 0.3) is 0 Å². The fraction of sp³-hybridized carbons (Fsp3) is 0.571. The van der Waals surface area contributed by atoms with Crippen LogP contribution in [0.15, 0.2) is 23.1 Å². The summed E-state index contributed by atoms with van der Waals surface area (Å²) in [5.41, 5.74) is 0. The first kappa shape index (κ1) is 23.2. The van der Waals surface area contributed by atoms with Crippen molar-refractivity contribution >= 4 is 34.8 Å². The maximum Gasteiger partial charge on any atom is 0.244 e. The molecule has 0 atom stereocenters. The van der Waals surface area contributed by atoms with Crippen molar-refractivity contribution in [2.24, 2.45) is 0 Å². The molecule has 1 aromatic rings. The van der Waals surface area contributed by atoms with Crippen LogP contribution < -0.4 is 19.5 Å². The standard InChI is InChI=1S/C14H23N3O4S.2ClH/c1-20-12-3-4-13(21-2)14(11-12)22(18,19)16-7-10-17-8-5-15-6-9-17;;/h3-4,11,15-16H,5-10H2,1-2H3;2*1H. The molecule has 0 unspecified atom stereocenters. The van der Waals surface area contributed by atoms with Gasteiger partial charge in [0, 0.05) is 45.3 Å². The molecule has 140 valence electrons. The summed E-state index contributed by atoms with van der Waals surface area (Å²) >= 11 is 0. The third-order valence-electron chi connectivity index (χ3n) is 3.59. The Bertz CT molecular complexity index is 596. The van der Waals surface area contributed by atoms with Crippen molar-refractivity contribution in [2.45, 2.75) is 4.90 Å². The van der Waals surface area contributed by atoms with E-state index in [4.69, 9.17) is 9.47 Å². The predicted molar refractivity (Wildman–Crippen MR) is 98.5 cm³/mol. The molecule has 0 aromatic heterocycles. The minimum Gasteiger partial charge on any atom is -0.497 e. The summed E-state index contributed by atoms with van der Waals surface area (Å²) in [6.45, 7) is 4.80. The molecule has 1 aliphatic heterocycles. The lowest BCUT2D eigenvalue weighted by Gasteiger charge is -2.27. The van der Waals surface area contributed by atoms with Crippen molar-refractivity contribution in [1.82, 2.24) is 14.9 Å². The minimum absolute atomic E-state index is 0. The second-order valence-electron chi connectivity index (χ2n) is 5.01. The van der Waals surface area contributed by atoms with Gasteiger partial charge < -0.3 is 14.8 Å². The van der Waals surface area contributed by atoms with Crippen molar-refractivity contribution in [3.63, 3.8) is 0 Å². The van der Waals surface area contributed by atoms with Gasteiger partial charge in [0.15, 0.2) is 0 Å². The van der Waals surface area contributed by atoms with Crippen LogP contribution in [0.4, 0.5) is 0 Å². The molecule has 0 spiro atoms. The van der Waals surface area contributed by atoms with E-state index in [1.54, 1.807) is 12.1 Å². The van der Waals surface area contributed by atoms with Crippen LogP contribution >= 0.6 is 24.8 Å². The number of methoxy groups -OCH3 is 2. The average Bonchev–Trinajstić information content (AvgIpc) is 2.55. The van der Waals surface area contributed by atoms with E-state index in [0.717, 1.165) is 26.2 Å². The lowest BCUT2D eigenvalue weighted by atomic mass is 10.3. The molecule has 1 aliphatic rings. The topological polar surface area (TPSA) is 79.9 Å². The Morgan fingerprint density at radius 2 is 1.83 bits per heavy atom. The highest BCUT2D eigenvalue weighted by Crippen LogP contribution is 2.27. The SMILES string of the molecule is COc1ccc(OC)c(S(=O)(=O)NCCN2CCNCC2)c1.Cl.Cl. The zero-order valence-corrected chi connectivity index (χ0v) is 16.2. The normalized spacial score (nSPS) is 15.1. The van der Waals surface area contributed by atoms with E-state index < -0.39 is 10.0 Å². The van der Waals surface area contributed by atoms with Gasteiger partial charge in [0.1, 0.15) is 16.4 Å². The first-order valence-corrected chi connectivity index (χ1v) is 8.70. The molecule has 0 aliphatic carbocycles. The Hall–Kier alpha value is -0.770. The fourth-order valence-corrected chi connectivity index (χ4v) is 3.55. The number of ether oxygens (including phenoxy) is 2. The maximum atomic E-state index is 12.4. The Labute approximate surface area is 155 Å². The first-order chi connectivity index (χ1) is 10.6. The van der Waals surface area contributed by atoms with Gasteiger partial charge >= 0.3 is 0 Å². The molecule has 0 radical (unpaired) electrons. The minimum atomic E-state index is -3.63.